The molecule has 0 aliphatic heterocycles. The maximum atomic E-state index is 8.91. The van der Waals surface area contributed by atoms with Gasteiger partial charge in [-0.05, 0) is 24.8 Å². The summed E-state index contributed by atoms with van der Waals surface area (Å²) < 4.78 is 0. The molecule has 0 saturated carbocycles. The summed E-state index contributed by atoms with van der Waals surface area (Å²) in [4.78, 5) is 4.08. The molecule has 0 spiro atoms. The molecule has 92 valence electrons. The van der Waals surface area contributed by atoms with E-state index >= 15 is 0 Å². The second-order valence-electron chi connectivity index (χ2n) is 4.13. The van der Waals surface area contributed by atoms with E-state index in [1.54, 1.807) is 6.07 Å². The number of nitriles is 1. The third-order valence-electron chi connectivity index (χ3n) is 2.51. The Morgan fingerprint density at radius 3 is 3.06 bits per heavy atom. The van der Waals surface area contributed by atoms with Gasteiger partial charge in [0.2, 0.25) is 0 Å². The van der Waals surface area contributed by atoms with Crippen molar-refractivity contribution in [3.8, 4) is 6.07 Å². The van der Waals surface area contributed by atoms with Crippen LogP contribution in [0.5, 0.6) is 0 Å². The first-order valence-electron chi connectivity index (χ1n) is 5.67. The van der Waals surface area contributed by atoms with Crippen molar-refractivity contribution >= 4 is 11.5 Å². The monoisotopic (exact) mass is 234 g/mol. The maximum absolute atomic E-state index is 8.91. The van der Waals surface area contributed by atoms with Gasteiger partial charge in [0.1, 0.15) is 11.9 Å². The van der Waals surface area contributed by atoms with Gasteiger partial charge >= 0.3 is 0 Å². The number of nitrogen functional groups attached to an aromatic ring is 1. The molecule has 0 aromatic carbocycles. The van der Waals surface area contributed by atoms with E-state index in [1.165, 1.54) is 6.20 Å². The molecule has 17 heavy (non-hydrogen) atoms. The first-order valence-corrected chi connectivity index (χ1v) is 5.67. The number of pyridine rings is 1. The van der Waals surface area contributed by atoms with Crippen LogP contribution in [-0.2, 0) is 0 Å². The number of nitrogens with two attached hydrogens (primary N) is 1. The fourth-order valence-corrected chi connectivity index (χ4v) is 1.46. The second-order valence-corrected chi connectivity index (χ2v) is 4.13. The summed E-state index contributed by atoms with van der Waals surface area (Å²) in [6, 6.07) is 3.66. The number of hydrogen-bond acceptors (Lipinski definition) is 5. The molecule has 0 bridgehead atoms. The van der Waals surface area contributed by atoms with Gasteiger partial charge in [-0.25, -0.2) is 4.98 Å². The molecule has 1 aromatic heterocycles. The van der Waals surface area contributed by atoms with E-state index < -0.39 is 0 Å². The molecular formula is C12H18N4O. The quantitative estimate of drug-likeness (QED) is 0.646. The van der Waals surface area contributed by atoms with Crippen LogP contribution in [-0.4, -0.2) is 23.2 Å². The normalized spacial score (nSPS) is 11.8. The fourth-order valence-electron chi connectivity index (χ4n) is 1.46. The van der Waals surface area contributed by atoms with E-state index in [9.17, 15) is 0 Å². The van der Waals surface area contributed by atoms with Gasteiger partial charge < -0.3 is 16.2 Å². The first kappa shape index (κ1) is 13.3. The van der Waals surface area contributed by atoms with E-state index in [4.69, 9.17) is 16.1 Å². The van der Waals surface area contributed by atoms with Gasteiger partial charge in [-0.15, -0.1) is 0 Å². The van der Waals surface area contributed by atoms with Gasteiger partial charge in [-0.2, -0.15) is 5.26 Å². The van der Waals surface area contributed by atoms with Crippen LogP contribution in [0.3, 0.4) is 0 Å². The van der Waals surface area contributed by atoms with Crippen LogP contribution in [0, 0.1) is 17.2 Å². The number of rotatable bonds is 6. The minimum Gasteiger partial charge on any atom is -0.397 e. The van der Waals surface area contributed by atoms with Crippen molar-refractivity contribution in [1.29, 1.82) is 5.26 Å². The van der Waals surface area contributed by atoms with Crippen molar-refractivity contribution in [3.05, 3.63) is 17.8 Å². The van der Waals surface area contributed by atoms with E-state index in [0.29, 0.717) is 23.0 Å². The lowest BCUT2D eigenvalue weighted by Crippen LogP contribution is -2.08. The van der Waals surface area contributed by atoms with Gasteiger partial charge in [0.05, 0.1) is 17.4 Å². The Morgan fingerprint density at radius 1 is 1.65 bits per heavy atom. The molecule has 1 aromatic rings. The van der Waals surface area contributed by atoms with Crippen LogP contribution in [0.4, 0.5) is 11.5 Å². The number of aromatic nitrogens is 1. The number of nitrogens with one attached hydrogen (secondary N) is 1. The Balaban J connectivity index is 2.44. The zero-order valence-electron chi connectivity index (χ0n) is 9.98. The summed E-state index contributed by atoms with van der Waals surface area (Å²) in [6.07, 6.45) is 3.40. The van der Waals surface area contributed by atoms with Crippen LogP contribution >= 0.6 is 0 Å². The molecule has 0 fully saturated rings. The fraction of sp³-hybridized carbons (Fsp3) is 0.500. The standard InChI is InChI=1S/C12H18N4O/c1-9(8-17)3-2-4-15-12-10(6-13)5-11(14)7-16-12/h5,7,9,17H,2-4,8,14H2,1H3,(H,15,16). The highest BCUT2D eigenvalue weighted by molar-refractivity contribution is 5.57. The summed E-state index contributed by atoms with van der Waals surface area (Å²) in [5.74, 6) is 0.880. The number of nitrogens with zero attached hydrogens (tertiary/aromatic N) is 2. The Labute approximate surface area is 101 Å². The van der Waals surface area contributed by atoms with Crippen molar-refractivity contribution in [2.45, 2.75) is 19.8 Å². The molecule has 0 aliphatic rings. The Bertz CT molecular complexity index is 400. The summed E-state index contributed by atoms with van der Waals surface area (Å²) in [5.41, 5.74) is 6.49. The molecule has 5 heteroatoms. The highest BCUT2D eigenvalue weighted by atomic mass is 16.3. The lowest BCUT2D eigenvalue weighted by Gasteiger charge is -2.09. The van der Waals surface area contributed by atoms with E-state index in [-0.39, 0.29) is 6.61 Å². The van der Waals surface area contributed by atoms with Crippen molar-refractivity contribution in [2.75, 3.05) is 24.2 Å². The van der Waals surface area contributed by atoms with E-state index in [2.05, 4.69) is 16.4 Å². The average Bonchev–Trinajstić information content (AvgIpc) is 2.35. The van der Waals surface area contributed by atoms with E-state index in [1.807, 2.05) is 6.92 Å². The predicted molar refractivity (Wildman–Crippen MR) is 67.3 cm³/mol. The van der Waals surface area contributed by atoms with E-state index in [0.717, 1.165) is 19.4 Å². The molecule has 0 radical (unpaired) electrons. The van der Waals surface area contributed by atoms with Gasteiger partial charge in [-0.3, -0.25) is 0 Å². The molecule has 0 amide bonds. The Hall–Kier alpha value is -1.80. The second kappa shape index (κ2) is 6.71. The lowest BCUT2D eigenvalue weighted by atomic mass is 10.1. The number of aliphatic hydroxyl groups excluding tert-OH is 1. The first-order chi connectivity index (χ1) is 8.17. The average molecular weight is 234 g/mol. The molecule has 5 nitrogen and oxygen atoms in total. The number of aliphatic hydroxyl groups is 1. The van der Waals surface area contributed by atoms with Gasteiger partial charge in [0, 0.05) is 13.2 Å². The van der Waals surface area contributed by atoms with Crippen molar-refractivity contribution in [2.24, 2.45) is 5.92 Å². The zero-order chi connectivity index (χ0) is 12.7. The van der Waals surface area contributed by atoms with Crippen molar-refractivity contribution in [3.63, 3.8) is 0 Å². The van der Waals surface area contributed by atoms with Gasteiger partial charge in [0.25, 0.3) is 0 Å². The van der Waals surface area contributed by atoms with Crippen molar-refractivity contribution in [1.82, 2.24) is 4.98 Å². The highest BCUT2D eigenvalue weighted by Crippen LogP contribution is 2.14. The van der Waals surface area contributed by atoms with Crippen LogP contribution in [0.25, 0.3) is 0 Å². The molecule has 1 rings (SSSR count). The Kier molecular flexibility index (Phi) is 5.24. The van der Waals surface area contributed by atoms with Crippen LogP contribution in [0.15, 0.2) is 12.3 Å². The molecule has 0 saturated heterocycles. The summed E-state index contributed by atoms with van der Waals surface area (Å²) in [5, 5.41) is 20.9. The summed E-state index contributed by atoms with van der Waals surface area (Å²) in [7, 11) is 0. The largest absolute Gasteiger partial charge is 0.397 e. The topological polar surface area (TPSA) is 95.0 Å². The highest BCUT2D eigenvalue weighted by Gasteiger charge is 2.04. The molecule has 1 unspecified atom stereocenters. The zero-order valence-corrected chi connectivity index (χ0v) is 9.98. The Morgan fingerprint density at radius 2 is 2.41 bits per heavy atom. The minimum absolute atomic E-state index is 0.212. The smallest absolute Gasteiger partial charge is 0.144 e. The third kappa shape index (κ3) is 4.29. The number of hydrogen-bond donors (Lipinski definition) is 3. The third-order valence-corrected chi connectivity index (χ3v) is 2.51. The summed E-state index contributed by atoms with van der Waals surface area (Å²) >= 11 is 0. The van der Waals surface area contributed by atoms with Gasteiger partial charge in [-0.1, -0.05) is 6.92 Å². The molecule has 1 heterocycles. The molecule has 0 aliphatic carbocycles. The van der Waals surface area contributed by atoms with Crippen LogP contribution < -0.4 is 11.1 Å². The SMILES string of the molecule is CC(CO)CCCNc1ncc(N)cc1C#N. The van der Waals surface area contributed by atoms with Gasteiger partial charge in [0.15, 0.2) is 0 Å². The van der Waals surface area contributed by atoms with Crippen molar-refractivity contribution < 1.29 is 5.11 Å². The minimum atomic E-state index is 0.212. The summed E-state index contributed by atoms with van der Waals surface area (Å²) in [6.45, 7) is 2.95. The van der Waals surface area contributed by atoms with Crippen LogP contribution in [0.1, 0.15) is 25.3 Å². The maximum Gasteiger partial charge on any atom is 0.144 e. The number of anilines is 2. The molecule has 4 N–H and O–H groups in total. The molecule has 1 atom stereocenters. The predicted octanol–water partition coefficient (Wildman–Crippen LogP) is 1.36. The van der Waals surface area contributed by atoms with Crippen LogP contribution in [0.2, 0.25) is 0 Å². The molecular weight excluding hydrogens is 216 g/mol. The lowest BCUT2D eigenvalue weighted by molar-refractivity contribution is 0.229.